The minimum atomic E-state index is 0.699. The van der Waals surface area contributed by atoms with Crippen LogP contribution in [0.3, 0.4) is 0 Å². The summed E-state index contributed by atoms with van der Waals surface area (Å²) >= 11 is 6.94. The van der Waals surface area contributed by atoms with Crippen molar-refractivity contribution in [1.82, 2.24) is 0 Å². The fourth-order valence-corrected chi connectivity index (χ4v) is 2.90. The Bertz CT molecular complexity index is 293. The fraction of sp³-hybridized carbons (Fsp3) is 0.538. The maximum absolute atomic E-state index is 5.63. The number of halogens is 2. The minimum absolute atomic E-state index is 0.699. The molecule has 1 rings (SSSR count). The Labute approximate surface area is 115 Å². The fourth-order valence-electron chi connectivity index (χ4n) is 1.52. The Balaban J connectivity index is 2.21. The molecular weight excluding hydrogens is 332 g/mol. The maximum atomic E-state index is 5.63. The summed E-state index contributed by atoms with van der Waals surface area (Å²) in [5, 5.41) is 0. The van der Waals surface area contributed by atoms with E-state index in [0.29, 0.717) is 6.61 Å². The van der Waals surface area contributed by atoms with Gasteiger partial charge in [0.1, 0.15) is 0 Å². The molecule has 16 heavy (non-hydrogen) atoms. The second-order valence-corrected chi connectivity index (χ2v) is 5.72. The van der Waals surface area contributed by atoms with Crippen LogP contribution in [0.4, 0.5) is 0 Å². The first kappa shape index (κ1) is 14.2. The van der Waals surface area contributed by atoms with Crippen LogP contribution < -0.4 is 0 Å². The van der Waals surface area contributed by atoms with E-state index in [0.717, 1.165) is 15.6 Å². The number of hydrogen-bond donors (Lipinski definition) is 0. The Morgan fingerprint density at radius 3 is 2.31 bits per heavy atom. The summed E-state index contributed by atoms with van der Waals surface area (Å²) in [6, 6.07) is 6.22. The number of rotatable bonds is 7. The highest BCUT2D eigenvalue weighted by Gasteiger charge is 1.98. The first-order valence-corrected chi connectivity index (χ1v) is 7.33. The molecule has 0 fully saturated rings. The molecule has 1 aromatic rings. The van der Waals surface area contributed by atoms with Gasteiger partial charge >= 0.3 is 0 Å². The molecule has 0 heterocycles. The van der Waals surface area contributed by atoms with E-state index >= 15 is 0 Å². The standard InChI is InChI=1S/C13H18Br2O/c1-2-3-4-5-6-16-10-11-7-12(14)9-13(15)8-11/h7-9H,2-6,10H2,1H3. The number of benzene rings is 1. The Morgan fingerprint density at radius 1 is 1.00 bits per heavy atom. The van der Waals surface area contributed by atoms with Crippen LogP contribution in [-0.2, 0) is 11.3 Å². The van der Waals surface area contributed by atoms with Gasteiger partial charge in [0, 0.05) is 15.6 Å². The van der Waals surface area contributed by atoms with Crippen LogP contribution in [0.2, 0.25) is 0 Å². The molecule has 0 aliphatic rings. The second kappa shape index (κ2) is 8.26. The molecule has 0 saturated heterocycles. The van der Waals surface area contributed by atoms with Gasteiger partial charge in [0.2, 0.25) is 0 Å². The molecule has 1 aromatic carbocycles. The van der Waals surface area contributed by atoms with E-state index in [2.05, 4.69) is 50.9 Å². The minimum Gasteiger partial charge on any atom is -0.377 e. The van der Waals surface area contributed by atoms with Crippen molar-refractivity contribution in [3.63, 3.8) is 0 Å². The molecule has 0 N–H and O–H groups in total. The lowest BCUT2D eigenvalue weighted by Crippen LogP contribution is -1.95. The largest absolute Gasteiger partial charge is 0.377 e. The summed E-state index contributed by atoms with van der Waals surface area (Å²) in [6.45, 7) is 3.79. The van der Waals surface area contributed by atoms with E-state index < -0.39 is 0 Å². The molecule has 1 nitrogen and oxygen atoms in total. The summed E-state index contributed by atoms with van der Waals surface area (Å²) in [5.74, 6) is 0. The summed E-state index contributed by atoms with van der Waals surface area (Å²) in [5.41, 5.74) is 1.21. The molecule has 3 heteroatoms. The van der Waals surface area contributed by atoms with Gasteiger partial charge in [-0.2, -0.15) is 0 Å². The third-order valence-corrected chi connectivity index (χ3v) is 3.25. The van der Waals surface area contributed by atoms with Crippen LogP contribution in [0.25, 0.3) is 0 Å². The highest BCUT2D eigenvalue weighted by molar-refractivity contribution is 9.11. The van der Waals surface area contributed by atoms with Gasteiger partial charge in [-0.25, -0.2) is 0 Å². The molecule has 0 aliphatic heterocycles. The smallest absolute Gasteiger partial charge is 0.0717 e. The van der Waals surface area contributed by atoms with E-state index in [1.54, 1.807) is 0 Å². The third-order valence-electron chi connectivity index (χ3n) is 2.33. The van der Waals surface area contributed by atoms with Crippen LogP contribution in [-0.4, -0.2) is 6.61 Å². The van der Waals surface area contributed by atoms with Crippen LogP contribution in [0.5, 0.6) is 0 Å². The van der Waals surface area contributed by atoms with Crippen LogP contribution in [0.15, 0.2) is 27.1 Å². The number of ether oxygens (including phenoxy) is 1. The third kappa shape index (κ3) is 6.02. The van der Waals surface area contributed by atoms with E-state index in [1.165, 1.54) is 31.2 Å². The first-order valence-electron chi connectivity index (χ1n) is 5.75. The van der Waals surface area contributed by atoms with E-state index in [-0.39, 0.29) is 0 Å². The van der Waals surface area contributed by atoms with E-state index in [9.17, 15) is 0 Å². The molecule has 0 unspecified atom stereocenters. The number of hydrogen-bond acceptors (Lipinski definition) is 1. The molecule has 90 valence electrons. The SMILES string of the molecule is CCCCCCOCc1cc(Br)cc(Br)c1. The van der Waals surface area contributed by atoms with Crippen molar-refractivity contribution >= 4 is 31.9 Å². The quantitative estimate of drug-likeness (QED) is 0.606. The lowest BCUT2D eigenvalue weighted by Gasteiger charge is -2.05. The van der Waals surface area contributed by atoms with Gasteiger partial charge in [-0.1, -0.05) is 58.0 Å². The summed E-state index contributed by atoms with van der Waals surface area (Å²) in [6.07, 6.45) is 5.03. The van der Waals surface area contributed by atoms with Gasteiger partial charge in [0.15, 0.2) is 0 Å². The van der Waals surface area contributed by atoms with Gasteiger partial charge in [0.05, 0.1) is 6.61 Å². The summed E-state index contributed by atoms with van der Waals surface area (Å²) < 4.78 is 7.81. The zero-order chi connectivity index (χ0) is 11.8. The summed E-state index contributed by atoms with van der Waals surface area (Å²) in [7, 11) is 0. The first-order chi connectivity index (χ1) is 7.72. The van der Waals surface area contributed by atoms with Crippen molar-refractivity contribution in [2.75, 3.05) is 6.61 Å². The number of unbranched alkanes of at least 4 members (excludes halogenated alkanes) is 3. The van der Waals surface area contributed by atoms with Gasteiger partial charge in [0.25, 0.3) is 0 Å². The van der Waals surface area contributed by atoms with Crippen LogP contribution >= 0.6 is 31.9 Å². The van der Waals surface area contributed by atoms with Gasteiger partial charge in [-0.15, -0.1) is 0 Å². The maximum Gasteiger partial charge on any atom is 0.0717 e. The van der Waals surface area contributed by atoms with E-state index in [4.69, 9.17) is 4.74 Å². The average molecular weight is 350 g/mol. The lowest BCUT2D eigenvalue weighted by atomic mass is 10.2. The normalized spacial score (nSPS) is 10.7. The van der Waals surface area contributed by atoms with Crippen molar-refractivity contribution in [2.45, 2.75) is 39.2 Å². The van der Waals surface area contributed by atoms with Crippen molar-refractivity contribution in [2.24, 2.45) is 0 Å². The van der Waals surface area contributed by atoms with Crippen LogP contribution in [0, 0.1) is 0 Å². The molecule has 0 radical (unpaired) electrons. The molecule has 0 aromatic heterocycles. The lowest BCUT2D eigenvalue weighted by molar-refractivity contribution is 0.116. The zero-order valence-corrected chi connectivity index (χ0v) is 12.8. The molecular formula is C13H18Br2O. The molecule has 0 amide bonds. The zero-order valence-electron chi connectivity index (χ0n) is 9.64. The van der Waals surface area contributed by atoms with Crippen LogP contribution in [0.1, 0.15) is 38.2 Å². The van der Waals surface area contributed by atoms with Crippen molar-refractivity contribution in [3.8, 4) is 0 Å². The molecule has 0 bridgehead atoms. The molecule has 0 saturated carbocycles. The molecule has 0 atom stereocenters. The Morgan fingerprint density at radius 2 is 1.69 bits per heavy atom. The van der Waals surface area contributed by atoms with Crippen molar-refractivity contribution in [1.29, 1.82) is 0 Å². The molecule has 0 spiro atoms. The predicted octanol–water partition coefficient (Wildman–Crippen LogP) is 5.31. The Hall–Kier alpha value is 0.140. The van der Waals surface area contributed by atoms with Gasteiger partial charge in [-0.3, -0.25) is 0 Å². The molecule has 0 aliphatic carbocycles. The van der Waals surface area contributed by atoms with Gasteiger partial charge < -0.3 is 4.74 Å². The van der Waals surface area contributed by atoms with E-state index in [1.807, 2.05) is 6.07 Å². The van der Waals surface area contributed by atoms with Gasteiger partial charge in [-0.05, 0) is 30.2 Å². The topological polar surface area (TPSA) is 9.23 Å². The summed E-state index contributed by atoms with van der Waals surface area (Å²) in [4.78, 5) is 0. The van der Waals surface area contributed by atoms with Crippen molar-refractivity contribution < 1.29 is 4.74 Å². The Kier molecular flexibility index (Phi) is 7.33. The second-order valence-electron chi connectivity index (χ2n) is 3.89. The predicted molar refractivity (Wildman–Crippen MR) is 75.6 cm³/mol. The monoisotopic (exact) mass is 348 g/mol. The highest BCUT2D eigenvalue weighted by Crippen LogP contribution is 2.20. The van der Waals surface area contributed by atoms with Crippen molar-refractivity contribution in [3.05, 3.63) is 32.7 Å². The highest BCUT2D eigenvalue weighted by atomic mass is 79.9. The average Bonchev–Trinajstić information content (AvgIpc) is 2.22.